The first kappa shape index (κ1) is 14.4. The van der Waals surface area contributed by atoms with Gasteiger partial charge in [0, 0.05) is 5.92 Å². The predicted molar refractivity (Wildman–Crippen MR) is 56.9 cm³/mol. The molecule has 0 atom stereocenters. The quantitative estimate of drug-likeness (QED) is 0.383. The molecule has 0 spiro atoms. The molecule has 6 nitrogen and oxygen atoms in total. The Morgan fingerprint density at radius 3 is 1.81 bits per heavy atom. The molecule has 0 N–H and O–H groups in total. The molecule has 92 valence electrons. The lowest BCUT2D eigenvalue weighted by molar-refractivity contribution is -0.143. The second kappa shape index (κ2) is 7.67. The molecular formula is C10H17NO5. The van der Waals surface area contributed by atoms with Gasteiger partial charge in [-0.15, -0.1) is 0 Å². The van der Waals surface area contributed by atoms with Gasteiger partial charge in [0.25, 0.3) is 0 Å². The summed E-state index contributed by atoms with van der Waals surface area (Å²) < 4.78 is 9.07. The molecule has 0 heterocycles. The van der Waals surface area contributed by atoms with Gasteiger partial charge in [0.05, 0.1) is 32.8 Å². The summed E-state index contributed by atoms with van der Waals surface area (Å²) in [5, 5.41) is 3.70. The van der Waals surface area contributed by atoms with Crippen molar-refractivity contribution in [1.82, 2.24) is 0 Å². The molecule has 0 saturated carbocycles. The van der Waals surface area contributed by atoms with Crippen molar-refractivity contribution in [2.24, 2.45) is 11.1 Å². The molecule has 0 aromatic carbocycles. The Labute approximate surface area is 94.5 Å². The highest BCUT2D eigenvalue weighted by atomic mass is 16.6. The summed E-state index contributed by atoms with van der Waals surface area (Å²) in [5.74, 6) is -1.17. The molecule has 16 heavy (non-hydrogen) atoms. The summed E-state index contributed by atoms with van der Waals surface area (Å²) >= 11 is 0. The number of ether oxygens (including phenoxy) is 2. The van der Waals surface area contributed by atoms with Crippen LogP contribution in [-0.2, 0) is 23.9 Å². The van der Waals surface area contributed by atoms with Gasteiger partial charge in [-0.05, 0) is 6.92 Å². The van der Waals surface area contributed by atoms with Crippen LogP contribution in [0, 0.1) is 5.92 Å². The molecule has 0 aliphatic heterocycles. The fraction of sp³-hybridized carbons (Fsp3) is 0.700. The smallest absolute Gasteiger partial charge is 0.306 e. The standard InChI is InChI=1S/C10H17NO5/c1-7(11-16-4)8(5-9(12)14-2)6-10(13)15-3/h8H,5-6H2,1-4H3. The Balaban J connectivity index is 4.56. The first-order chi connectivity index (χ1) is 7.54. The van der Waals surface area contributed by atoms with E-state index < -0.39 is 11.9 Å². The Morgan fingerprint density at radius 2 is 1.50 bits per heavy atom. The van der Waals surface area contributed by atoms with Crippen molar-refractivity contribution in [3.63, 3.8) is 0 Å². The average Bonchev–Trinajstić information content (AvgIpc) is 2.27. The molecule has 0 aliphatic rings. The minimum atomic E-state index is -0.403. The van der Waals surface area contributed by atoms with Crippen LogP contribution in [0.15, 0.2) is 5.16 Å². The van der Waals surface area contributed by atoms with Crippen molar-refractivity contribution in [1.29, 1.82) is 0 Å². The number of hydrogen-bond donors (Lipinski definition) is 0. The molecule has 0 bridgehead atoms. The number of carbonyl (C=O) groups is 2. The maximum Gasteiger partial charge on any atom is 0.306 e. The third-order valence-electron chi connectivity index (χ3n) is 2.11. The first-order valence-electron chi connectivity index (χ1n) is 4.76. The Bertz CT molecular complexity index is 256. The normalized spacial score (nSPS) is 11.2. The first-order valence-corrected chi connectivity index (χ1v) is 4.76. The largest absolute Gasteiger partial charge is 0.469 e. The van der Waals surface area contributed by atoms with Gasteiger partial charge < -0.3 is 14.3 Å². The van der Waals surface area contributed by atoms with E-state index in [0.29, 0.717) is 5.71 Å². The molecule has 0 amide bonds. The molecule has 0 saturated heterocycles. The monoisotopic (exact) mass is 231 g/mol. The van der Waals surface area contributed by atoms with Gasteiger partial charge >= 0.3 is 11.9 Å². The van der Waals surface area contributed by atoms with Gasteiger partial charge in [-0.2, -0.15) is 0 Å². The number of rotatable bonds is 6. The highest BCUT2D eigenvalue weighted by Crippen LogP contribution is 2.13. The lowest BCUT2D eigenvalue weighted by Gasteiger charge is -2.13. The fourth-order valence-electron chi connectivity index (χ4n) is 1.16. The van der Waals surface area contributed by atoms with Crippen LogP contribution in [0.3, 0.4) is 0 Å². The summed E-state index contributed by atoms with van der Waals surface area (Å²) in [7, 11) is 3.98. The topological polar surface area (TPSA) is 74.2 Å². The third-order valence-corrected chi connectivity index (χ3v) is 2.11. The van der Waals surface area contributed by atoms with Crippen LogP contribution in [0.4, 0.5) is 0 Å². The third kappa shape index (κ3) is 5.33. The Hall–Kier alpha value is -1.59. The molecular weight excluding hydrogens is 214 g/mol. The lowest BCUT2D eigenvalue weighted by Crippen LogP contribution is -2.21. The van der Waals surface area contributed by atoms with Crippen LogP contribution < -0.4 is 0 Å². The number of oxime groups is 1. The van der Waals surface area contributed by atoms with Gasteiger partial charge in [0.2, 0.25) is 0 Å². The highest BCUT2D eigenvalue weighted by molar-refractivity contribution is 5.90. The van der Waals surface area contributed by atoms with Gasteiger partial charge in [-0.25, -0.2) is 0 Å². The molecule has 0 aliphatic carbocycles. The van der Waals surface area contributed by atoms with E-state index >= 15 is 0 Å². The summed E-state index contributed by atoms with van der Waals surface area (Å²) in [6.07, 6.45) is 0.147. The maximum absolute atomic E-state index is 11.1. The summed E-state index contributed by atoms with van der Waals surface area (Å²) in [5.41, 5.74) is 0.554. The van der Waals surface area contributed by atoms with Crippen LogP contribution in [0.25, 0.3) is 0 Å². The van der Waals surface area contributed by atoms with Crippen LogP contribution in [0.1, 0.15) is 19.8 Å². The van der Waals surface area contributed by atoms with Crippen molar-refractivity contribution in [2.45, 2.75) is 19.8 Å². The van der Waals surface area contributed by atoms with Crippen molar-refractivity contribution in [3.8, 4) is 0 Å². The van der Waals surface area contributed by atoms with E-state index in [1.165, 1.54) is 21.3 Å². The van der Waals surface area contributed by atoms with E-state index in [2.05, 4.69) is 19.5 Å². The molecule has 0 rings (SSSR count). The Morgan fingerprint density at radius 1 is 1.06 bits per heavy atom. The van der Waals surface area contributed by atoms with Crippen LogP contribution in [0.5, 0.6) is 0 Å². The molecule has 0 unspecified atom stereocenters. The lowest BCUT2D eigenvalue weighted by atomic mass is 9.97. The number of nitrogens with zero attached hydrogens (tertiary/aromatic N) is 1. The zero-order valence-corrected chi connectivity index (χ0v) is 9.98. The van der Waals surface area contributed by atoms with E-state index in [1.807, 2.05) is 0 Å². The minimum absolute atomic E-state index is 0.0737. The highest BCUT2D eigenvalue weighted by Gasteiger charge is 2.21. The van der Waals surface area contributed by atoms with Crippen molar-refractivity contribution < 1.29 is 23.9 Å². The van der Waals surface area contributed by atoms with Crippen LogP contribution >= 0.6 is 0 Å². The number of esters is 2. The minimum Gasteiger partial charge on any atom is -0.469 e. The molecule has 0 radical (unpaired) electrons. The predicted octanol–water partition coefficient (Wildman–Crippen LogP) is 0.751. The zero-order chi connectivity index (χ0) is 12.6. The maximum atomic E-state index is 11.1. The van der Waals surface area contributed by atoms with E-state index in [9.17, 15) is 9.59 Å². The Kier molecular flexibility index (Phi) is 6.91. The second-order valence-electron chi connectivity index (χ2n) is 3.17. The van der Waals surface area contributed by atoms with Crippen molar-refractivity contribution in [2.75, 3.05) is 21.3 Å². The van der Waals surface area contributed by atoms with E-state index in [4.69, 9.17) is 0 Å². The summed E-state index contributed by atoms with van der Waals surface area (Å²) in [6, 6.07) is 0. The van der Waals surface area contributed by atoms with Gasteiger partial charge in [-0.3, -0.25) is 9.59 Å². The van der Waals surface area contributed by atoms with Crippen molar-refractivity contribution in [3.05, 3.63) is 0 Å². The molecule has 0 aromatic heterocycles. The van der Waals surface area contributed by atoms with Gasteiger partial charge in [0.1, 0.15) is 7.11 Å². The van der Waals surface area contributed by atoms with Crippen LogP contribution in [0.2, 0.25) is 0 Å². The van der Waals surface area contributed by atoms with Gasteiger partial charge in [0.15, 0.2) is 0 Å². The van der Waals surface area contributed by atoms with Crippen molar-refractivity contribution >= 4 is 17.7 Å². The van der Waals surface area contributed by atoms with E-state index in [-0.39, 0.29) is 18.8 Å². The van der Waals surface area contributed by atoms with E-state index in [1.54, 1.807) is 6.92 Å². The summed E-state index contributed by atoms with van der Waals surface area (Å²) in [6.45, 7) is 1.68. The molecule has 0 aromatic rings. The van der Waals surface area contributed by atoms with Gasteiger partial charge in [-0.1, -0.05) is 5.16 Å². The molecule has 6 heteroatoms. The fourth-order valence-corrected chi connectivity index (χ4v) is 1.16. The molecule has 0 fully saturated rings. The number of methoxy groups -OCH3 is 2. The average molecular weight is 231 g/mol. The zero-order valence-electron chi connectivity index (χ0n) is 9.98. The second-order valence-corrected chi connectivity index (χ2v) is 3.17. The number of carbonyl (C=O) groups excluding carboxylic acids is 2. The summed E-state index contributed by atoms with van der Waals surface area (Å²) in [4.78, 5) is 26.9. The van der Waals surface area contributed by atoms with E-state index in [0.717, 1.165) is 0 Å². The SMILES string of the molecule is CON=C(C)C(CC(=O)OC)CC(=O)OC. The number of hydrogen-bond acceptors (Lipinski definition) is 6. The van der Waals surface area contributed by atoms with Crippen LogP contribution in [-0.4, -0.2) is 39.0 Å².